The van der Waals surface area contributed by atoms with Crippen molar-refractivity contribution in [2.75, 3.05) is 6.54 Å². The maximum atomic E-state index is 13.3. The second kappa shape index (κ2) is 7.52. The summed E-state index contributed by atoms with van der Waals surface area (Å²) >= 11 is 0. The molecular formula is C21H23N3O2. The number of amides is 2. The Morgan fingerprint density at radius 1 is 1.27 bits per heavy atom. The topological polar surface area (TPSA) is 62.3 Å². The first kappa shape index (κ1) is 17.9. The number of hydrogen-bond donors (Lipinski definition) is 1. The second-order valence-electron chi connectivity index (χ2n) is 6.58. The number of carbonyl (C=O) groups is 2. The molecule has 5 heteroatoms. The highest BCUT2D eigenvalue weighted by atomic mass is 16.2. The number of nitrogens with zero attached hydrogens (tertiary/aromatic N) is 2. The van der Waals surface area contributed by atoms with Crippen LogP contribution in [0.1, 0.15) is 35.7 Å². The monoisotopic (exact) mass is 349 g/mol. The summed E-state index contributed by atoms with van der Waals surface area (Å²) in [6.45, 7) is 5.82. The van der Waals surface area contributed by atoms with E-state index < -0.39 is 5.54 Å². The van der Waals surface area contributed by atoms with Gasteiger partial charge in [-0.3, -0.25) is 14.6 Å². The van der Waals surface area contributed by atoms with Gasteiger partial charge in [-0.05, 0) is 37.5 Å². The number of pyridine rings is 1. The molecule has 1 fully saturated rings. The summed E-state index contributed by atoms with van der Waals surface area (Å²) < 4.78 is 0. The van der Waals surface area contributed by atoms with Crippen LogP contribution in [-0.4, -0.2) is 34.3 Å². The molecule has 134 valence electrons. The van der Waals surface area contributed by atoms with Crippen LogP contribution in [-0.2, 0) is 10.3 Å². The van der Waals surface area contributed by atoms with Crippen LogP contribution in [0.15, 0.2) is 67.5 Å². The molecule has 1 saturated carbocycles. The molecule has 26 heavy (non-hydrogen) atoms. The fourth-order valence-electron chi connectivity index (χ4n) is 3.17. The van der Waals surface area contributed by atoms with E-state index in [9.17, 15) is 9.59 Å². The van der Waals surface area contributed by atoms with Crippen molar-refractivity contribution in [2.24, 2.45) is 0 Å². The molecule has 2 amide bonds. The Bertz CT molecular complexity index is 787. The predicted octanol–water partition coefficient (Wildman–Crippen LogP) is 2.90. The molecule has 0 spiro atoms. The molecule has 1 aliphatic carbocycles. The zero-order chi connectivity index (χ0) is 18.6. The van der Waals surface area contributed by atoms with Gasteiger partial charge in [0.05, 0.1) is 5.56 Å². The van der Waals surface area contributed by atoms with Crippen molar-refractivity contribution in [3.8, 4) is 0 Å². The van der Waals surface area contributed by atoms with Gasteiger partial charge in [0.15, 0.2) is 0 Å². The van der Waals surface area contributed by atoms with E-state index >= 15 is 0 Å². The van der Waals surface area contributed by atoms with Crippen LogP contribution < -0.4 is 5.32 Å². The number of hydrogen-bond acceptors (Lipinski definition) is 3. The van der Waals surface area contributed by atoms with E-state index in [4.69, 9.17) is 0 Å². The number of aromatic nitrogens is 1. The third-order valence-corrected chi connectivity index (χ3v) is 4.71. The average molecular weight is 349 g/mol. The fraction of sp³-hybridized carbons (Fsp3) is 0.286. The van der Waals surface area contributed by atoms with Gasteiger partial charge in [0.1, 0.15) is 5.54 Å². The molecule has 0 aliphatic heterocycles. The molecule has 0 bridgehead atoms. The molecule has 1 unspecified atom stereocenters. The van der Waals surface area contributed by atoms with Gasteiger partial charge in [0.25, 0.3) is 11.8 Å². The third-order valence-electron chi connectivity index (χ3n) is 4.71. The zero-order valence-electron chi connectivity index (χ0n) is 14.9. The van der Waals surface area contributed by atoms with Gasteiger partial charge < -0.3 is 10.2 Å². The van der Waals surface area contributed by atoms with E-state index in [1.54, 1.807) is 35.5 Å². The normalized spacial score (nSPS) is 15.6. The Hall–Kier alpha value is -2.95. The summed E-state index contributed by atoms with van der Waals surface area (Å²) in [7, 11) is 0. The van der Waals surface area contributed by atoms with E-state index in [0.717, 1.165) is 18.4 Å². The summed E-state index contributed by atoms with van der Waals surface area (Å²) in [4.78, 5) is 32.3. The second-order valence-corrected chi connectivity index (χ2v) is 6.58. The van der Waals surface area contributed by atoms with Crippen molar-refractivity contribution < 1.29 is 9.59 Å². The lowest BCUT2D eigenvalue weighted by atomic mass is 9.87. The van der Waals surface area contributed by atoms with Gasteiger partial charge in [0, 0.05) is 25.0 Å². The van der Waals surface area contributed by atoms with Crippen LogP contribution in [0.5, 0.6) is 0 Å². The molecule has 1 N–H and O–H groups in total. The summed E-state index contributed by atoms with van der Waals surface area (Å²) in [5, 5.41) is 2.87. The molecule has 5 nitrogen and oxygen atoms in total. The molecule has 1 heterocycles. The highest BCUT2D eigenvalue weighted by Crippen LogP contribution is 2.40. The van der Waals surface area contributed by atoms with Crippen LogP contribution in [0, 0.1) is 0 Å². The van der Waals surface area contributed by atoms with Crippen LogP contribution in [0.2, 0.25) is 0 Å². The van der Waals surface area contributed by atoms with Crippen LogP contribution >= 0.6 is 0 Å². The van der Waals surface area contributed by atoms with Crippen molar-refractivity contribution in [1.29, 1.82) is 0 Å². The number of nitrogens with one attached hydrogen (secondary N) is 1. The largest absolute Gasteiger partial charge is 0.350 e. The van der Waals surface area contributed by atoms with Crippen molar-refractivity contribution in [2.45, 2.75) is 31.3 Å². The number of carbonyl (C=O) groups excluding carboxylic acids is 2. The van der Waals surface area contributed by atoms with E-state index in [-0.39, 0.29) is 17.9 Å². The maximum absolute atomic E-state index is 13.3. The third kappa shape index (κ3) is 3.38. The minimum atomic E-state index is -1.11. The maximum Gasteiger partial charge on any atom is 0.256 e. The Morgan fingerprint density at radius 2 is 2.00 bits per heavy atom. The van der Waals surface area contributed by atoms with Crippen molar-refractivity contribution in [3.05, 3.63) is 78.6 Å². The summed E-state index contributed by atoms with van der Waals surface area (Å²) in [5.74, 6) is -0.395. The Kier molecular flexibility index (Phi) is 5.16. The minimum absolute atomic E-state index is 0.0439. The van der Waals surface area contributed by atoms with Crippen molar-refractivity contribution >= 4 is 11.8 Å². The summed E-state index contributed by atoms with van der Waals surface area (Å²) in [5.41, 5.74) is 0.155. The van der Waals surface area contributed by atoms with Gasteiger partial charge in [0.2, 0.25) is 0 Å². The smallest absolute Gasteiger partial charge is 0.256 e. The lowest BCUT2D eigenvalue weighted by molar-refractivity contribution is -0.132. The fourth-order valence-corrected chi connectivity index (χ4v) is 3.17. The Labute approximate surface area is 153 Å². The predicted molar refractivity (Wildman–Crippen MR) is 100 cm³/mol. The summed E-state index contributed by atoms with van der Waals surface area (Å²) in [6, 6.07) is 13.0. The molecule has 3 rings (SSSR count). The molecular weight excluding hydrogens is 326 g/mol. The molecule has 1 aliphatic rings. The Balaban J connectivity index is 2.07. The van der Waals surface area contributed by atoms with E-state index in [1.807, 2.05) is 37.3 Å². The van der Waals surface area contributed by atoms with Gasteiger partial charge in [-0.1, -0.05) is 36.4 Å². The van der Waals surface area contributed by atoms with E-state index in [0.29, 0.717) is 12.1 Å². The Morgan fingerprint density at radius 3 is 2.58 bits per heavy atom. The SMILES string of the molecule is C=CCNC(=O)C(C)(c1ccccc1)N(C(=O)c1cccnc1)C1CC1. The quantitative estimate of drug-likeness (QED) is 0.782. The van der Waals surface area contributed by atoms with E-state index in [1.165, 1.54) is 0 Å². The highest BCUT2D eigenvalue weighted by Gasteiger charge is 2.50. The van der Waals surface area contributed by atoms with Crippen molar-refractivity contribution in [3.63, 3.8) is 0 Å². The van der Waals surface area contributed by atoms with Crippen LogP contribution in [0.3, 0.4) is 0 Å². The molecule has 0 radical (unpaired) electrons. The molecule has 1 atom stereocenters. The zero-order valence-corrected chi connectivity index (χ0v) is 14.9. The minimum Gasteiger partial charge on any atom is -0.350 e. The van der Waals surface area contributed by atoms with Gasteiger partial charge >= 0.3 is 0 Å². The van der Waals surface area contributed by atoms with Crippen molar-refractivity contribution in [1.82, 2.24) is 15.2 Å². The molecule has 1 aromatic heterocycles. The first-order valence-electron chi connectivity index (χ1n) is 8.77. The van der Waals surface area contributed by atoms with Crippen LogP contribution in [0.25, 0.3) is 0 Å². The summed E-state index contributed by atoms with van der Waals surface area (Å²) in [6.07, 6.45) is 6.59. The lowest BCUT2D eigenvalue weighted by Gasteiger charge is -2.41. The molecule has 0 saturated heterocycles. The number of benzene rings is 1. The number of rotatable bonds is 7. The first-order valence-corrected chi connectivity index (χ1v) is 8.77. The van der Waals surface area contributed by atoms with Crippen LogP contribution in [0.4, 0.5) is 0 Å². The van der Waals surface area contributed by atoms with Gasteiger partial charge in [-0.25, -0.2) is 0 Å². The van der Waals surface area contributed by atoms with E-state index in [2.05, 4.69) is 16.9 Å². The molecule has 2 aromatic rings. The average Bonchev–Trinajstić information content (AvgIpc) is 3.52. The molecule has 1 aromatic carbocycles. The van der Waals surface area contributed by atoms with Gasteiger partial charge in [-0.15, -0.1) is 6.58 Å². The lowest BCUT2D eigenvalue weighted by Crippen LogP contribution is -2.57. The standard InChI is InChI=1S/C21H23N3O2/c1-3-13-23-20(26)21(2,17-9-5-4-6-10-17)24(18-11-12-18)19(25)16-8-7-14-22-15-16/h3-10,14-15,18H,1,11-13H2,2H3,(H,23,26). The first-order chi connectivity index (χ1) is 12.6. The highest BCUT2D eigenvalue weighted by molar-refractivity contribution is 5.99. The van der Waals surface area contributed by atoms with Gasteiger partial charge in [-0.2, -0.15) is 0 Å².